The molecular weight excluding hydrogens is 256 g/mol. The van der Waals surface area contributed by atoms with Crippen LogP contribution in [0.3, 0.4) is 0 Å². The van der Waals surface area contributed by atoms with Gasteiger partial charge in [-0.3, -0.25) is 0 Å². The molecule has 0 fully saturated rings. The van der Waals surface area contributed by atoms with Crippen LogP contribution in [0.2, 0.25) is 0 Å². The van der Waals surface area contributed by atoms with E-state index in [2.05, 4.69) is 45.9 Å². The summed E-state index contributed by atoms with van der Waals surface area (Å²) in [4.78, 5) is 0. The van der Waals surface area contributed by atoms with Crippen molar-refractivity contribution in [3.8, 4) is 0 Å². The van der Waals surface area contributed by atoms with Gasteiger partial charge < -0.3 is 5.11 Å². The molecular formula is C20H32O. The molecule has 0 spiro atoms. The van der Waals surface area contributed by atoms with Gasteiger partial charge >= 0.3 is 0 Å². The summed E-state index contributed by atoms with van der Waals surface area (Å²) >= 11 is 0. The van der Waals surface area contributed by atoms with Crippen LogP contribution in [0.1, 0.15) is 83.9 Å². The number of aryl methyl sites for hydroxylation is 1. The van der Waals surface area contributed by atoms with Crippen LogP contribution in [-0.2, 0) is 17.3 Å². The van der Waals surface area contributed by atoms with Crippen LogP contribution in [0.5, 0.6) is 0 Å². The maximum absolute atomic E-state index is 9.84. The maximum Gasteiger partial charge on any atom is 0.0591 e. The van der Waals surface area contributed by atoms with Crippen LogP contribution in [0.15, 0.2) is 18.2 Å². The van der Waals surface area contributed by atoms with Gasteiger partial charge in [0.05, 0.1) is 5.60 Å². The van der Waals surface area contributed by atoms with E-state index in [9.17, 15) is 5.11 Å². The summed E-state index contributed by atoms with van der Waals surface area (Å²) in [5.74, 6) is 0. The molecule has 0 heterocycles. The summed E-state index contributed by atoms with van der Waals surface area (Å²) in [7, 11) is 0. The van der Waals surface area contributed by atoms with Crippen LogP contribution >= 0.6 is 0 Å². The highest BCUT2D eigenvalue weighted by molar-refractivity contribution is 5.43. The van der Waals surface area contributed by atoms with E-state index >= 15 is 0 Å². The first-order valence-electron chi connectivity index (χ1n) is 8.38. The third-order valence-corrected chi connectivity index (χ3v) is 5.17. The molecule has 1 aliphatic carbocycles. The average Bonchev–Trinajstić information content (AvgIpc) is 2.34. The Bertz CT molecular complexity index is 503. The molecule has 0 saturated heterocycles. The lowest BCUT2D eigenvalue weighted by Crippen LogP contribution is -2.33. The molecule has 0 amide bonds. The summed E-state index contributed by atoms with van der Waals surface area (Å²) < 4.78 is 0. The fraction of sp³-hybridized carbons (Fsp3) is 0.700. The molecule has 1 N–H and O–H groups in total. The molecule has 1 aromatic rings. The molecule has 118 valence electrons. The van der Waals surface area contributed by atoms with Crippen molar-refractivity contribution in [3.05, 3.63) is 34.9 Å². The average molecular weight is 288 g/mol. The van der Waals surface area contributed by atoms with Crippen LogP contribution in [0.25, 0.3) is 0 Å². The molecule has 0 aliphatic heterocycles. The highest BCUT2D eigenvalue weighted by atomic mass is 16.3. The Balaban J connectivity index is 2.21. The second kappa shape index (κ2) is 5.43. The minimum absolute atomic E-state index is 0.289. The molecule has 0 radical (unpaired) electrons. The number of fused-ring (bicyclic) bond motifs is 1. The van der Waals surface area contributed by atoms with E-state index in [0.29, 0.717) is 5.41 Å². The Kier molecular flexibility index (Phi) is 4.28. The zero-order valence-electron chi connectivity index (χ0n) is 14.7. The first-order valence-corrected chi connectivity index (χ1v) is 8.38. The molecule has 0 atom stereocenters. The smallest absolute Gasteiger partial charge is 0.0591 e. The quantitative estimate of drug-likeness (QED) is 0.814. The lowest BCUT2D eigenvalue weighted by molar-refractivity contribution is 0.0689. The van der Waals surface area contributed by atoms with Gasteiger partial charge in [-0.05, 0) is 73.5 Å². The number of rotatable bonds is 4. The molecule has 0 saturated carbocycles. The van der Waals surface area contributed by atoms with E-state index in [1.54, 1.807) is 5.56 Å². The Morgan fingerprint density at radius 2 is 1.57 bits per heavy atom. The van der Waals surface area contributed by atoms with E-state index in [1.807, 2.05) is 13.8 Å². The third-order valence-electron chi connectivity index (χ3n) is 5.17. The van der Waals surface area contributed by atoms with E-state index in [4.69, 9.17) is 0 Å². The molecule has 1 aromatic carbocycles. The van der Waals surface area contributed by atoms with Gasteiger partial charge in [0.1, 0.15) is 0 Å². The number of benzene rings is 1. The molecule has 0 unspecified atom stereocenters. The number of aliphatic hydroxyl groups is 1. The van der Waals surface area contributed by atoms with Crippen molar-refractivity contribution in [1.82, 2.24) is 0 Å². The first kappa shape index (κ1) is 16.5. The zero-order valence-corrected chi connectivity index (χ0v) is 14.7. The van der Waals surface area contributed by atoms with Crippen LogP contribution in [0.4, 0.5) is 0 Å². The largest absolute Gasteiger partial charge is 0.390 e. The van der Waals surface area contributed by atoms with Crippen molar-refractivity contribution >= 4 is 0 Å². The molecule has 21 heavy (non-hydrogen) atoms. The van der Waals surface area contributed by atoms with Crippen molar-refractivity contribution in [2.75, 3.05) is 0 Å². The summed E-state index contributed by atoms with van der Waals surface area (Å²) in [6, 6.07) is 7.09. The Morgan fingerprint density at radius 1 is 1.00 bits per heavy atom. The lowest BCUT2D eigenvalue weighted by atomic mass is 9.63. The highest BCUT2D eigenvalue weighted by Crippen LogP contribution is 2.45. The standard InChI is InChI=1S/C20H32O/c1-18(2)12-13-19(3,4)17-14-15(9-10-16(17)18)8-7-11-20(5,6)21/h9-10,14,21H,7-8,11-13H2,1-6H3. The SMILES string of the molecule is CC(C)(O)CCCc1ccc2c(c1)C(C)(C)CCC2(C)C. The normalized spacial score (nSPS) is 20.1. The topological polar surface area (TPSA) is 20.2 Å². The van der Waals surface area contributed by atoms with Gasteiger partial charge in [0, 0.05) is 0 Å². The van der Waals surface area contributed by atoms with Gasteiger partial charge in [0.2, 0.25) is 0 Å². The fourth-order valence-corrected chi connectivity index (χ4v) is 3.52. The van der Waals surface area contributed by atoms with E-state index in [0.717, 1.165) is 19.3 Å². The fourth-order valence-electron chi connectivity index (χ4n) is 3.52. The molecule has 1 nitrogen and oxygen atoms in total. The predicted octanol–water partition coefficient (Wildman–Crippen LogP) is 5.13. The van der Waals surface area contributed by atoms with Crippen LogP contribution < -0.4 is 0 Å². The maximum atomic E-state index is 9.84. The van der Waals surface area contributed by atoms with E-state index in [1.165, 1.54) is 24.0 Å². The van der Waals surface area contributed by atoms with E-state index < -0.39 is 5.60 Å². The Hall–Kier alpha value is -0.820. The third kappa shape index (κ3) is 3.88. The molecule has 2 rings (SSSR count). The zero-order chi connectivity index (χ0) is 15.9. The Labute approximate surface area is 130 Å². The van der Waals surface area contributed by atoms with Crippen LogP contribution in [-0.4, -0.2) is 10.7 Å². The van der Waals surface area contributed by atoms with Gasteiger partial charge in [-0.2, -0.15) is 0 Å². The van der Waals surface area contributed by atoms with Gasteiger partial charge in [-0.1, -0.05) is 45.9 Å². The second-order valence-electron chi connectivity index (χ2n) is 8.81. The van der Waals surface area contributed by atoms with Gasteiger partial charge in [0.15, 0.2) is 0 Å². The summed E-state index contributed by atoms with van der Waals surface area (Å²) in [5.41, 5.74) is 4.54. The van der Waals surface area contributed by atoms with Gasteiger partial charge in [-0.25, -0.2) is 0 Å². The monoisotopic (exact) mass is 288 g/mol. The predicted molar refractivity (Wildman–Crippen MR) is 91.0 cm³/mol. The van der Waals surface area contributed by atoms with Gasteiger partial charge in [0.25, 0.3) is 0 Å². The van der Waals surface area contributed by atoms with Crippen LogP contribution in [0, 0.1) is 0 Å². The minimum Gasteiger partial charge on any atom is -0.390 e. The first-order chi connectivity index (χ1) is 9.51. The van der Waals surface area contributed by atoms with Gasteiger partial charge in [-0.15, -0.1) is 0 Å². The van der Waals surface area contributed by atoms with Crippen molar-refractivity contribution in [3.63, 3.8) is 0 Å². The molecule has 1 heteroatoms. The number of hydrogen-bond donors (Lipinski definition) is 1. The summed E-state index contributed by atoms with van der Waals surface area (Å²) in [6.45, 7) is 13.3. The van der Waals surface area contributed by atoms with E-state index in [-0.39, 0.29) is 5.41 Å². The Morgan fingerprint density at radius 3 is 2.14 bits per heavy atom. The molecule has 1 aliphatic rings. The lowest BCUT2D eigenvalue weighted by Gasteiger charge is -2.42. The minimum atomic E-state index is -0.546. The molecule has 0 aromatic heterocycles. The van der Waals surface area contributed by atoms with Crippen molar-refractivity contribution in [2.45, 2.75) is 90.1 Å². The second-order valence-corrected chi connectivity index (χ2v) is 8.81. The highest BCUT2D eigenvalue weighted by Gasteiger charge is 2.36. The molecule has 0 bridgehead atoms. The summed E-state index contributed by atoms with van der Waals surface area (Å²) in [5, 5.41) is 9.84. The van der Waals surface area contributed by atoms with Crippen molar-refractivity contribution in [1.29, 1.82) is 0 Å². The van der Waals surface area contributed by atoms with Crippen molar-refractivity contribution < 1.29 is 5.11 Å². The van der Waals surface area contributed by atoms with Crippen molar-refractivity contribution in [2.24, 2.45) is 0 Å². The summed E-state index contributed by atoms with van der Waals surface area (Å²) in [6.07, 6.45) is 5.50. The number of hydrogen-bond acceptors (Lipinski definition) is 1.